The van der Waals surface area contributed by atoms with E-state index in [0.29, 0.717) is 5.75 Å². The van der Waals surface area contributed by atoms with Gasteiger partial charge in [0, 0.05) is 0 Å². The van der Waals surface area contributed by atoms with Crippen LogP contribution in [-0.2, 0) is 6.42 Å². The first-order valence-corrected chi connectivity index (χ1v) is 5.58. The highest BCUT2D eigenvalue weighted by Gasteiger charge is 2.21. The molecule has 0 unspecified atom stereocenters. The molecule has 16 heavy (non-hydrogen) atoms. The molecule has 0 bridgehead atoms. The van der Waals surface area contributed by atoms with Crippen molar-refractivity contribution in [3.05, 3.63) is 52.6 Å². The van der Waals surface area contributed by atoms with Gasteiger partial charge in [0.05, 0.1) is 0 Å². The third kappa shape index (κ3) is 1.18. The van der Waals surface area contributed by atoms with Crippen molar-refractivity contribution in [2.45, 2.75) is 20.3 Å². The summed E-state index contributed by atoms with van der Waals surface area (Å²) in [4.78, 5) is 0. The van der Waals surface area contributed by atoms with Crippen LogP contribution in [0.4, 0.5) is 0 Å². The molecule has 0 saturated heterocycles. The molecule has 0 fully saturated rings. The Bertz CT molecular complexity index is 582. The molecule has 0 atom stereocenters. The van der Waals surface area contributed by atoms with E-state index < -0.39 is 0 Å². The zero-order valence-electron chi connectivity index (χ0n) is 9.54. The number of phenols is 1. The van der Waals surface area contributed by atoms with Crippen molar-refractivity contribution < 1.29 is 5.11 Å². The van der Waals surface area contributed by atoms with E-state index in [2.05, 4.69) is 26.0 Å². The van der Waals surface area contributed by atoms with E-state index in [1.165, 1.54) is 33.4 Å². The quantitative estimate of drug-likeness (QED) is 0.601. The molecule has 0 spiro atoms. The molecule has 80 valence electrons. The predicted octanol–water partition coefficient (Wildman–Crippen LogP) is 3.58. The Morgan fingerprint density at radius 1 is 1.00 bits per heavy atom. The van der Waals surface area contributed by atoms with Gasteiger partial charge in [0.25, 0.3) is 0 Å². The minimum Gasteiger partial charge on any atom is -0.508 e. The molecule has 1 aliphatic carbocycles. The Kier molecular flexibility index (Phi) is 1.84. The minimum absolute atomic E-state index is 0.354. The van der Waals surface area contributed by atoms with Crippen molar-refractivity contribution in [2.75, 3.05) is 0 Å². The smallest absolute Gasteiger partial charge is 0.116 e. The van der Waals surface area contributed by atoms with Crippen LogP contribution in [0.25, 0.3) is 11.1 Å². The Hall–Kier alpha value is -1.76. The number of hydrogen-bond donors (Lipinski definition) is 1. The van der Waals surface area contributed by atoms with E-state index in [1.807, 2.05) is 12.1 Å². The molecule has 0 aromatic heterocycles. The predicted molar refractivity (Wildman–Crippen MR) is 65.8 cm³/mol. The first kappa shape index (κ1) is 9.46. The molecule has 1 aliphatic rings. The third-order valence-corrected chi connectivity index (χ3v) is 3.49. The lowest BCUT2D eigenvalue weighted by Crippen LogP contribution is -1.88. The lowest BCUT2D eigenvalue weighted by Gasteiger charge is -2.08. The first-order valence-electron chi connectivity index (χ1n) is 5.58. The number of rotatable bonds is 0. The van der Waals surface area contributed by atoms with Gasteiger partial charge in [-0.1, -0.05) is 18.2 Å². The van der Waals surface area contributed by atoms with Crippen LogP contribution >= 0.6 is 0 Å². The Morgan fingerprint density at radius 2 is 1.75 bits per heavy atom. The lowest BCUT2D eigenvalue weighted by molar-refractivity contribution is 0.475. The molecule has 1 heteroatoms. The molecule has 0 radical (unpaired) electrons. The van der Waals surface area contributed by atoms with Crippen LogP contribution in [-0.4, -0.2) is 5.11 Å². The molecule has 0 amide bonds. The van der Waals surface area contributed by atoms with Gasteiger partial charge in [-0.25, -0.2) is 0 Å². The van der Waals surface area contributed by atoms with Crippen molar-refractivity contribution in [1.29, 1.82) is 0 Å². The fourth-order valence-corrected chi connectivity index (χ4v) is 2.61. The van der Waals surface area contributed by atoms with Crippen LogP contribution < -0.4 is 0 Å². The molecular formula is C15H14O. The van der Waals surface area contributed by atoms with Crippen LogP contribution in [0.2, 0.25) is 0 Å². The zero-order chi connectivity index (χ0) is 11.3. The standard InChI is InChI=1S/C15H14O/c1-9-3-4-10(2)15-13(9)7-11-5-6-12(16)8-14(11)15/h3-6,8,16H,7H2,1-2H3. The average molecular weight is 210 g/mol. The maximum atomic E-state index is 9.58. The molecule has 1 N–H and O–H groups in total. The van der Waals surface area contributed by atoms with E-state index in [1.54, 1.807) is 6.07 Å². The van der Waals surface area contributed by atoms with Gasteiger partial charge in [-0.3, -0.25) is 0 Å². The average Bonchev–Trinajstić information content (AvgIpc) is 2.63. The fourth-order valence-electron chi connectivity index (χ4n) is 2.61. The van der Waals surface area contributed by atoms with Crippen LogP contribution in [0.15, 0.2) is 30.3 Å². The second kappa shape index (κ2) is 3.11. The number of fused-ring (bicyclic) bond motifs is 3. The maximum absolute atomic E-state index is 9.58. The van der Waals surface area contributed by atoms with E-state index in [4.69, 9.17) is 0 Å². The molecule has 0 heterocycles. The number of aryl methyl sites for hydroxylation is 2. The van der Waals surface area contributed by atoms with Gasteiger partial charge in [-0.2, -0.15) is 0 Å². The summed E-state index contributed by atoms with van der Waals surface area (Å²) in [5.74, 6) is 0.354. The van der Waals surface area contributed by atoms with Crippen molar-refractivity contribution in [1.82, 2.24) is 0 Å². The van der Waals surface area contributed by atoms with Gasteiger partial charge in [-0.05, 0) is 65.8 Å². The second-order valence-electron chi connectivity index (χ2n) is 4.57. The highest BCUT2D eigenvalue weighted by Crippen LogP contribution is 2.41. The van der Waals surface area contributed by atoms with Crippen LogP contribution in [0, 0.1) is 13.8 Å². The minimum atomic E-state index is 0.354. The van der Waals surface area contributed by atoms with Gasteiger partial charge in [0.2, 0.25) is 0 Å². The Balaban J connectivity index is 2.35. The van der Waals surface area contributed by atoms with E-state index in [9.17, 15) is 5.11 Å². The summed E-state index contributed by atoms with van der Waals surface area (Å²) in [5, 5.41) is 9.58. The number of hydrogen-bond acceptors (Lipinski definition) is 1. The molecule has 2 aromatic rings. The summed E-state index contributed by atoms with van der Waals surface area (Å²) in [7, 11) is 0. The highest BCUT2D eigenvalue weighted by atomic mass is 16.3. The van der Waals surface area contributed by atoms with E-state index >= 15 is 0 Å². The molecule has 0 aliphatic heterocycles. The monoisotopic (exact) mass is 210 g/mol. The maximum Gasteiger partial charge on any atom is 0.116 e. The SMILES string of the molecule is Cc1ccc(C)c2c1Cc1ccc(O)cc1-2. The van der Waals surface area contributed by atoms with Gasteiger partial charge in [0.15, 0.2) is 0 Å². The fraction of sp³-hybridized carbons (Fsp3) is 0.200. The van der Waals surface area contributed by atoms with Gasteiger partial charge in [0.1, 0.15) is 5.75 Å². The zero-order valence-corrected chi connectivity index (χ0v) is 9.54. The van der Waals surface area contributed by atoms with Gasteiger partial charge in [-0.15, -0.1) is 0 Å². The molecule has 0 saturated carbocycles. The first-order chi connectivity index (χ1) is 7.66. The van der Waals surface area contributed by atoms with Crippen LogP contribution in [0.1, 0.15) is 22.3 Å². The van der Waals surface area contributed by atoms with Crippen LogP contribution in [0.5, 0.6) is 5.75 Å². The van der Waals surface area contributed by atoms with Crippen molar-refractivity contribution in [3.63, 3.8) is 0 Å². The lowest BCUT2D eigenvalue weighted by atomic mass is 9.97. The van der Waals surface area contributed by atoms with Crippen LogP contribution in [0.3, 0.4) is 0 Å². The van der Waals surface area contributed by atoms with Gasteiger partial charge < -0.3 is 5.11 Å². The Labute approximate surface area is 95.4 Å². The highest BCUT2D eigenvalue weighted by molar-refractivity contribution is 5.81. The Morgan fingerprint density at radius 3 is 2.56 bits per heavy atom. The molecular weight excluding hydrogens is 196 g/mol. The summed E-state index contributed by atoms with van der Waals surface area (Å²) in [6, 6.07) is 10.0. The summed E-state index contributed by atoms with van der Waals surface area (Å²) in [5.41, 5.74) is 7.91. The van der Waals surface area contributed by atoms with E-state index in [-0.39, 0.29) is 0 Å². The summed E-state index contributed by atoms with van der Waals surface area (Å²) < 4.78 is 0. The summed E-state index contributed by atoms with van der Waals surface area (Å²) in [6.07, 6.45) is 0.998. The number of aromatic hydroxyl groups is 1. The second-order valence-corrected chi connectivity index (χ2v) is 4.57. The molecule has 2 aromatic carbocycles. The normalized spacial score (nSPS) is 12.4. The summed E-state index contributed by atoms with van der Waals surface area (Å²) >= 11 is 0. The number of phenolic OH excluding ortho intramolecular Hbond substituents is 1. The van der Waals surface area contributed by atoms with Crippen molar-refractivity contribution in [3.8, 4) is 16.9 Å². The molecule has 3 rings (SSSR count). The molecule has 1 nitrogen and oxygen atoms in total. The number of benzene rings is 2. The third-order valence-electron chi connectivity index (χ3n) is 3.49. The topological polar surface area (TPSA) is 20.2 Å². The van der Waals surface area contributed by atoms with Crippen molar-refractivity contribution in [2.24, 2.45) is 0 Å². The largest absolute Gasteiger partial charge is 0.508 e. The van der Waals surface area contributed by atoms with Gasteiger partial charge >= 0.3 is 0 Å². The van der Waals surface area contributed by atoms with E-state index in [0.717, 1.165) is 6.42 Å². The van der Waals surface area contributed by atoms with Crippen molar-refractivity contribution >= 4 is 0 Å². The summed E-state index contributed by atoms with van der Waals surface area (Å²) in [6.45, 7) is 4.29.